The average Bonchev–Trinajstić information content (AvgIpc) is 2.88. The summed E-state index contributed by atoms with van der Waals surface area (Å²) in [6.45, 7) is 5.70. The summed E-state index contributed by atoms with van der Waals surface area (Å²) in [4.78, 5) is 26.8. The largest absolute Gasteiger partial charge is 0.494 e. The number of methoxy groups -OCH3 is 1. The van der Waals surface area contributed by atoms with Gasteiger partial charge in [-0.2, -0.15) is 13.2 Å². The summed E-state index contributed by atoms with van der Waals surface area (Å²) in [6.07, 6.45) is -1.96. The van der Waals surface area contributed by atoms with Crippen LogP contribution in [-0.2, 0) is 14.6 Å². The van der Waals surface area contributed by atoms with Crippen LogP contribution < -0.4 is 31.0 Å². The van der Waals surface area contributed by atoms with Gasteiger partial charge in [0.05, 0.1) is 24.6 Å². The van der Waals surface area contributed by atoms with Crippen LogP contribution in [0.4, 0.5) is 18.9 Å². The van der Waals surface area contributed by atoms with Gasteiger partial charge >= 0.3 is 6.18 Å². The van der Waals surface area contributed by atoms with Crippen molar-refractivity contribution in [1.29, 1.82) is 0 Å². The third-order valence-corrected chi connectivity index (χ3v) is 7.04. The molecule has 1 aromatic heterocycles. The molecule has 41 heavy (non-hydrogen) atoms. The van der Waals surface area contributed by atoms with Crippen LogP contribution in [0, 0.1) is 5.92 Å². The Bertz CT molecular complexity index is 1280. The molecule has 14 heteroatoms. The molecule has 0 unspecified atom stereocenters. The molecule has 10 nitrogen and oxygen atoms in total. The zero-order valence-corrected chi connectivity index (χ0v) is 24.6. The second-order valence-corrected chi connectivity index (χ2v) is 12.4. The molecule has 3 atom stereocenters. The molecule has 0 saturated heterocycles. The van der Waals surface area contributed by atoms with Crippen molar-refractivity contribution >= 4 is 21.4 Å². The second kappa shape index (κ2) is 15.1. The lowest BCUT2D eigenvalue weighted by molar-refractivity contribution is -0.161. The minimum Gasteiger partial charge on any atom is -0.494 e. The molecule has 0 aliphatic carbocycles. The van der Waals surface area contributed by atoms with E-state index < -0.39 is 45.6 Å². The van der Waals surface area contributed by atoms with Crippen LogP contribution in [-0.4, -0.2) is 69.8 Å². The lowest BCUT2D eigenvalue weighted by Gasteiger charge is -2.29. The van der Waals surface area contributed by atoms with Gasteiger partial charge in [-0.1, -0.05) is 26.8 Å². The Balaban J connectivity index is 2.11. The van der Waals surface area contributed by atoms with Gasteiger partial charge in [0.1, 0.15) is 24.1 Å². The number of hydrogen-bond acceptors (Lipinski definition) is 8. The number of benzene rings is 1. The molecule has 0 fully saturated rings. The predicted molar refractivity (Wildman–Crippen MR) is 151 cm³/mol. The number of carbonyl (C=O) groups is 1. The highest BCUT2D eigenvalue weighted by Crippen LogP contribution is 2.33. The summed E-state index contributed by atoms with van der Waals surface area (Å²) in [7, 11) is -1.71. The Kier molecular flexibility index (Phi) is 12.5. The maximum Gasteiger partial charge on any atom is 0.407 e. The number of nitrogens with one attached hydrogen (secondary N) is 4. The van der Waals surface area contributed by atoms with Crippen LogP contribution in [0.3, 0.4) is 0 Å². The molecule has 0 aliphatic heterocycles. The van der Waals surface area contributed by atoms with E-state index >= 15 is 0 Å². The van der Waals surface area contributed by atoms with Crippen LogP contribution in [0.2, 0.25) is 0 Å². The first-order valence-electron chi connectivity index (χ1n) is 13.2. The minimum atomic E-state index is -4.71. The molecule has 1 amide bonds. The van der Waals surface area contributed by atoms with Crippen LogP contribution >= 0.6 is 0 Å². The standard InChI is InChI=1S/C27H39F3N4O6S/c1-6-19(16-31-21-9-8-20(14-23(21)39-4)40-11-12-41(5,37)38)33-26(36)22(13-17(2)3)34-25(27(28,29)30)18-7-10-24(35)32-15-18/h7-10,14-15,17,19,22,25,31,34H,6,11-13,16H2,1-5H3,(H,32,35)(H,33,36)/t19-,22-,25-/m0/s1. The molecule has 1 heterocycles. The van der Waals surface area contributed by atoms with E-state index in [4.69, 9.17) is 9.47 Å². The van der Waals surface area contributed by atoms with Crippen molar-refractivity contribution in [3.8, 4) is 11.5 Å². The van der Waals surface area contributed by atoms with Crippen molar-refractivity contribution in [1.82, 2.24) is 15.6 Å². The number of alkyl halides is 3. The number of sulfone groups is 1. The highest BCUT2D eigenvalue weighted by Gasteiger charge is 2.43. The van der Waals surface area contributed by atoms with Gasteiger partial charge < -0.3 is 25.1 Å². The van der Waals surface area contributed by atoms with Crippen molar-refractivity contribution in [3.63, 3.8) is 0 Å². The molecule has 0 aliphatic rings. The van der Waals surface area contributed by atoms with Gasteiger partial charge in [0, 0.05) is 37.2 Å². The highest BCUT2D eigenvalue weighted by atomic mass is 32.2. The number of anilines is 1. The molecular formula is C27H39F3N4O6S. The maximum atomic E-state index is 14.0. The Labute approximate surface area is 238 Å². The Hall–Kier alpha value is -3.26. The predicted octanol–water partition coefficient (Wildman–Crippen LogP) is 3.42. The topological polar surface area (TPSA) is 139 Å². The van der Waals surface area contributed by atoms with Crippen molar-refractivity contribution in [2.45, 2.75) is 57.9 Å². The van der Waals surface area contributed by atoms with E-state index in [1.165, 1.54) is 7.11 Å². The molecule has 2 aromatic rings. The first-order valence-corrected chi connectivity index (χ1v) is 15.2. The Morgan fingerprint density at radius 1 is 1.15 bits per heavy atom. The fraction of sp³-hybridized carbons (Fsp3) is 0.556. The molecule has 0 spiro atoms. The second-order valence-electron chi connectivity index (χ2n) is 10.1. The van der Waals surface area contributed by atoms with Crippen LogP contribution in [0.5, 0.6) is 11.5 Å². The molecule has 2 rings (SSSR count). The fourth-order valence-corrected chi connectivity index (χ4v) is 4.34. The van der Waals surface area contributed by atoms with Gasteiger partial charge in [-0.3, -0.25) is 14.9 Å². The van der Waals surface area contributed by atoms with Gasteiger partial charge in [-0.05, 0) is 36.5 Å². The number of amides is 1. The molecule has 0 bridgehead atoms. The summed E-state index contributed by atoms with van der Waals surface area (Å²) in [5, 5.41) is 8.48. The monoisotopic (exact) mass is 604 g/mol. The minimum absolute atomic E-state index is 0.0122. The lowest BCUT2D eigenvalue weighted by Crippen LogP contribution is -2.52. The molecule has 230 valence electrons. The van der Waals surface area contributed by atoms with Crippen molar-refractivity contribution < 1.29 is 35.9 Å². The van der Waals surface area contributed by atoms with E-state index in [0.717, 1.165) is 24.6 Å². The zero-order valence-electron chi connectivity index (χ0n) is 23.8. The summed E-state index contributed by atoms with van der Waals surface area (Å²) >= 11 is 0. The summed E-state index contributed by atoms with van der Waals surface area (Å²) in [5.74, 6) is 0.0574. The molecule has 0 saturated carbocycles. The van der Waals surface area contributed by atoms with E-state index in [2.05, 4.69) is 20.9 Å². The fourth-order valence-electron chi connectivity index (χ4n) is 3.96. The Morgan fingerprint density at radius 3 is 2.39 bits per heavy atom. The number of ether oxygens (including phenoxy) is 2. The van der Waals surface area contributed by atoms with Crippen LogP contribution in [0.15, 0.2) is 41.3 Å². The molecule has 1 aromatic carbocycles. The number of aromatic nitrogens is 1. The van der Waals surface area contributed by atoms with Gasteiger partial charge in [-0.25, -0.2) is 8.42 Å². The molecular weight excluding hydrogens is 565 g/mol. The van der Waals surface area contributed by atoms with Crippen molar-refractivity contribution in [2.24, 2.45) is 5.92 Å². The number of aromatic amines is 1. The summed E-state index contributed by atoms with van der Waals surface area (Å²) < 4.78 is 75.4. The van der Waals surface area contributed by atoms with Gasteiger partial charge in [0.25, 0.3) is 0 Å². The normalized spacial score (nSPS) is 14.3. The number of halogens is 3. The number of hydrogen-bond donors (Lipinski definition) is 4. The van der Waals surface area contributed by atoms with E-state index in [-0.39, 0.29) is 36.8 Å². The van der Waals surface area contributed by atoms with Gasteiger partial charge in [-0.15, -0.1) is 0 Å². The SMILES string of the molecule is CC[C@@H](CNc1ccc(OCCS(C)(=O)=O)cc1OC)NC(=O)[C@H](CC(C)C)N[C@@H](c1ccc(=O)[nH]c1)C(F)(F)F. The van der Waals surface area contributed by atoms with E-state index in [0.29, 0.717) is 23.6 Å². The van der Waals surface area contributed by atoms with Crippen molar-refractivity contribution in [3.05, 3.63) is 52.4 Å². The number of H-pyrrole nitrogens is 1. The average molecular weight is 605 g/mol. The highest BCUT2D eigenvalue weighted by molar-refractivity contribution is 7.90. The van der Waals surface area contributed by atoms with E-state index in [1.54, 1.807) is 18.2 Å². The van der Waals surface area contributed by atoms with Gasteiger partial charge in [0.15, 0.2) is 9.84 Å². The zero-order chi connectivity index (χ0) is 30.8. The quantitative estimate of drug-likeness (QED) is 0.229. The smallest absolute Gasteiger partial charge is 0.407 e. The third-order valence-electron chi connectivity index (χ3n) is 6.13. The third kappa shape index (κ3) is 11.6. The first-order chi connectivity index (χ1) is 19.1. The molecule has 4 N–H and O–H groups in total. The summed E-state index contributed by atoms with van der Waals surface area (Å²) in [6, 6.07) is 3.29. The molecule has 0 radical (unpaired) electrons. The van der Waals surface area contributed by atoms with Crippen LogP contribution in [0.25, 0.3) is 0 Å². The van der Waals surface area contributed by atoms with Gasteiger partial charge in [0.2, 0.25) is 11.5 Å². The first kappa shape index (κ1) is 33.9. The number of carbonyl (C=O) groups excluding carboxylic acids is 1. The number of rotatable bonds is 16. The van der Waals surface area contributed by atoms with E-state index in [9.17, 15) is 31.2 Å². The van der Waals surface area contributed by atoms with Crippen molar-refractivity contribution in [2.75, 3.05) is 37.6 Å². The van der Waals surface area contributed by atoms with Crippen LogP contribution in [0.1, 0.15) is 45.2 Å². The number of pyridine rings is 1. The Morgan fingerprint density at radius 2 is 1.85 bits per heavy atom. The lowest BCUT2D eigenvalue weighted by atomic mass is 9.99. The van der Waals surface area contributed by atoms with E-state index in [1.807, 2.05) is 20.8 Å². The maximum absolute atomic E-state index is 14.0. The summed E-state index contributed by atoms with van der Waals surface area (Å²) in [5.41, 5.74) is -0.152.